The lowest BCUT2D eigenvalue weighted by atomic mass is 9.87. The quantitative estimate of drug-likeness (QED) is 0.785. The first-order valence-electron chi connectivity index (χ1n) is 7.60. The molecule has 0 radical (unpaired) electrons. The van der Waals surface area contributed by atoms with Crippen LogP contribution in [0.25, 0.3) is 0 Å². The zero-order chi connectivity index (χ0) is 14.3. The van der Waals surface area contributed by atoms with Crippen molar-refractivity contribution in [3.8, 4) is 0 Å². The van der Waals surface area contributed by atoms with E-state index in [4.69, 9.17) is 0 Å². The van der Waals surface area contributed by atoms with Crippen LogP contribution in [0.3, 0.4) is 0 Å². The van der Waals surface area contributed by atoms with E-state index in [9.17, 15) is 4.79 Å². The zero-order valence-corrected chi connectivity index (χ0v) is 12.7. The van der Waals surface area contributed by atoms with Gasteiger partial charge in [0.15, 0.2) is 0 Å². The van der Waals surface area contributed by atoms with Crippen molar-refractivity contribution in [2.45, 2.75) is 45.1 Å². The Morgan fingerprint density at radius 2 is 1.80 bits per heavy atom. The largest absolute Gasteiger partial charge is 0.368 e. The third kappa shape index (κ3) is 2.41. The summed E-state index contributed by atoms with van der Waals surface area (Å²) in [4.78, 5) is 16.2. The van der Waals surface area contributed by atoms with Gasteiger partial charge in [-0.05, 0) is 29.5 Å². The van der Waals surface area contributed by atoms with Crippen LogP contribution in [0.4, 0.5) is 5.69 Å². The van der Waals surface area contributed by atoms with Crippen LogP contribution in [0.1, 0.15) is 39.2 Å². The van der Waals surface area contributed by atoms with Gasteiger partial charge in [0.05, 0.1) is 0 Å². The monoisotopic (exact) mass is 272 g/mol. The lowest BCUT2D eigenvalue weighted by molar-refractivity contribution is -0.129. The molecule has 1 aromatic rings. The Labute approximate surface area is 121 Å². The van der Waals surface area contributed by atoms with Crippen LogP contribution in [0.5, 0.6) is 0 Å². The van der Waals surface area contributed by atoms with Crippen LogP contribution in [0.2, 0.25) is 0 Å². The van der Waals surface area contributed by atoms with Crippen LogP contribution < -0.4 is 4.90 Å². The van der Waals surface area contributed by atoms with Crippen molar-refractivity contribution in [1.82, 2.24) is 4.90 Å². The van der Waals surface area contributed by atoms with E-state index >= 15 is 0 Å². The molecule has 1 atom stereocenters. The summed E-state index contributed by atoms with van der Waals surface area (Å²) >= 11 is 0. The Hall–Kier alpha value is -1.51. The number of anilines is 1. The van der Waals surface area contributed by atoms with Gasteiger partial charge in [0.2, 0.25) is 5.91 Å². The van der Waals surface area contributed by atoms with E-state index in [-0.39, 0.29) is 5.41 Å². The van der Waals surface area contributed by atoms with Gasteiger partial charge >= 0.3 is 0 Å². The molecule has 0 spiro atoms. The molecule has 0 N–H and O–H groups in total. The second-order valence-corrected chi connectivity index (χ2v) is 7.02. The normalized spacial score (nSPS) is 23.1. The molecular formula is C17H24N2O. The highest BCUT2D eigenvalue weighted by atomic mass is 16.2. The number of hydrogen-bond acceptors (Lipinski definition) is 2. The van der Waals surface area contributed by atoms with Gasteiger partial charge in [-0.1, -0.05) is 32.9 Å². The van der Waals surface area contributed by atoms with E-state index in [1.807, 2.05) is 0 Å². The summed E-state index contributed by atoms with van der Waals surface area (Å²) in [5, 5.41) is 0. The summed E-state index contributed by atoms with van der Waals surface area (Å²) in [5.41, 5.74) is 2.86. The third-order valence-electron chi connectivity index (χ3n) is 4.59. The van der Waals surface area contributed by atoms with Gasteiger partial charge in [-0.25, -0.2) is 0 Å². The van der Waals surface area contributed by atoms with E-state index in [1.165, 1.54) is 11.3 Å². The van der Waals surface area contributed by atoms with Crippen molar-refractivity contribution in [1.29, 1.82) is 0 Å². The van der Waals surface area contributed by atoms with Crippen molar-refractivity contribution in [2.75, 3.05) is 24.5 Å². The summed E-state index contributed by atoms with van der Waals surface area (Å²) in [6.45, 7) is 9.54. The summed E-state index contributed by atoms with van der Waals surface area (Å²) in [6.07, 6.45) is 1.76. The second kappa shape index (κ2) is 4.80. The molecule has 0 saturated carbocycles. The van der Waals surface area contributed by atoms with E-state index < -0.39 is 0 Å². The number of fused-ring (bicyclic) bond motifs is 1. The maximum atomic E-state index is 11.7. The zero-order valence-electron chi connectivity index (χ0n) is 12.7. The minimum absolute atomic E-state index is 0.203. The van der Waals surface area contributed by atoms with Crippen molar-refractivity contribution in [3.63, 3.8) is 0 Å². The smallest absolute Gasteiger partial charge is 0.223 e. The molecule has 2 aliphatic rings. The predicted octanol–water partition coefficient (Wildman–Crippen LogP) is 2.80. The van der Waals surface area contributed by atoms with E-state index in [0.717, 1.165) is 32.5 Å². The Morgan fingerprint density at radius 3 is 2.45 bits per heavy atom. The fourth-order valence-electron chi connectivity index (χ4n) is 3.27. The third-order valence-corrected chi connectivity index (χ3v) is 4.59. The predicted molar refractivity (Wildman–Crippen MR) is 82.1 cm³/mol. The number of hydrogen-bond donors (Lipinski definition) is 0. The fraction of sp³-hybridized carbons (Fsp3) is 0.588. The lowest BCUT2D eigenvalue weighted by Crippen LogP contribution is -2.51. The van der Waals surface area contributed by atoms with E-state index in [2.05, 4.69) is 54.8 Å². The highest BCUT2D eigenvalue weighted by Gasteiger charge is 2.35. The number of carbonyl (C=O) groups excluding carboxylic acids is 1. The minimum atomic E-state index is 0.203. The van der Waals surface area contributed by atoms with Gasteiger partial charge in [-0.2, -0.15) is 0 Å². The standard InChI is InChI=1S/C17H24N2O/c1-17(2,3)13-4-6-14(7-5-13)18-10-11-19-15(12-18)8-9-16(19)20/h4-7,15H,8-12H2,1-3H3/t15-/m1/s1. The molecule has 2 saturated heterocycles. The molecule has 3 nitrogen and oxygen atoms in total. The molecule has 0 unspecified atom stereocenters. The maximum absolute atomic E-state index is 11.7. The van der Waals surface area contributed by atoms with Gasteiger partial charge in [-0.15, -0.1) is 0 Å². The highest BCUT2D eigenvalue weighted by Crippen LogP contribution is 2.28. The molecule has 0 aliphatic carbocycles. The topological polar surface area (TPSA) is 23.6 Å². The Balaban J connectivity index is 1.73. The molecule has 2 fully saturated rings. The van der Waals surface area contributed by atoms with Gasteiger partial charge in [-0.3, -0.25) is 4.79 Å². The molecule has 2 heterocycles. The maximum Gasteiger partial charge on any atom is 0.223 e. The van der Waals surface area contributed by atoms with Crippen LogP contribution in [0.15, 0.2) is 24.3 Å². The number of carbonyl (C=O) groups is 1. The van der Waals surface area contributed by atoms with Crippen molar-refractivity contribution >= 4 is 11.6 Å². The Kier molecular flexibility index (Phi) is 3.23. The average Bonchev–Trinajstić information content (AvgIpc) is 2.79. The summed E-state index contributed by atoms with van der Waals surface area (Å²) in [7, 11) is 0. The second-order valence-electron chi connectivity index (χ2n) is 7.02. The van der Waals surface area contributed by atoms with Gasteiger partial charge < -0.3 is 9.80 Å². The Morgan fingerprint density at radius 1 is 1.10 bits per heavy atom. The van der Waals surface area contributed by atoms with Crippen LogP contribution in [-0.4, -0.2) is 36.5 Å². The molecule has 3 heteroatoms. The van der Waals surface area contributed by atoms with E-state index in [0.29, 0.717) is 11.9 Å². The molecule has 1 amide bonds. The van der Waals surface area contributed by atoms with Crippen molar-refractivity contribution < 1.29 is 4.79 Å². The Bertz CT molecular complexity index is 501. The highest BCUT2D eigenvalue weighted by molar-refractivity contribution is 5.79. The lowest BCUT2D eigenvalue weighted by Gasteiger charge is -2.39. The molecule has 3 rings (SSSR count). The summed E-state index contributed by atoms with van der Waals surface area (Å²) in [6, 6.07) is 9.36. The van der Waals surface area contributed by atoms with Crippen molar-refractivity contribution in [3.05, 3.63) is 29.8 Å². The average molecular weight is 272 g/mol. The number of piperazine rings is 1. The number of benzene rings is 1. The molecule has 1 aromatic carbocycles. The van der Waals surface area contributed by atoms with Gasteiger partial charge in [0, 0.05) is 37.8 Å². The minimum Gasteiger partial charge on any atom is -0.368 e. The van der Waals surface area contributed by atoms with Crippen LogP contribution >= 0.6 is 0 Å². The molecule has 108 valence electrons. The number of nitrogens with zero attached hydrogens (tertiary/aromatic N) is 2. The van der Waals surface area contributed by atoms with Crippen molar-refractivity contribution in [2.24, 2.45) is 0 Å². The fourth-order valence-corrected chi connectivity index (χ4v) is 3.27. The van der Waals surface area contributed by atoms with Crippen LogP contribution in [0, 0.1) is 0 Å². The molecule has 2 aliphatic heterocycles. The summed E-state index contributed by atoms with van der Waals surface area (Å²) in [5.74, 6) is 0.345. The summed E-state index contributed by atoms with van der Waals surface area (Å²) < 4.78 is 0. The molecule has 0 aromatic heterocycles. The number of rotatable bonds is 1. The van der Waals surface area contributed by atoms with Gasteiger partial charge in [0.1, 0.15) is 0 Å². The molecule has 0 bridgehead atoms. The number of amides is 1. The first-order valence-corrected chi connectivity index (χ1v) is 7.60. The van der Waals surface area contributed by atoms with Crippen LogP contribution in [-0.2, 0) is 10.2 Å². The first-order chi connectivity index (χ1) is 9.45. The molecule has 20 heavy (non-hydrogen) atoms. The molecular weight excluding hydrogens is 248 g/mol. The first kappa shape index (κ1) is 13.5. The SMILES string of the molecule is CC(C)(C)c1ccc(N2CCN3C(=O)CC[C@@H]3C2)cc1. The van der Waals surface area contributed by atoms with Gasteiger partial charge in [0.25, 0.3) is 0 Å². The van der Waals surface area contributed by atoms with E-state index in [1.54, 1.807) is 0 Å².